The van der Waals surface area contributed by atoms with Crippen LogP contribution in [0, 0.1) is 0 Å². The summed E-state index contributed by atoms with van der Waals surface area (Å²) in [6.45, 7) is 4.05. The van der Waals surface area contributed by atoms with E-state index in [1.165, 1.54) is 7.11 Å². The highest BCUT2D eigenvalue weighted by Gasteiger charge is 2.17. The van der Waals surface area contributed by atoms with Gasteiger partial charge in [-0.1, -0.05) is 11.6 Å². The van der Waals surface area contributed by atoms with E-state index in [-0.39, 0.29) is 5.75 Å². The summed E-state index contributed by atoms with van der Waals surface area (Å²) in [5, 5.41) is 3.69. The van der Waals surface area contributed by atoms with Gasteiger partial charge in [0.1, 0.15) is 5.75 Å². The van der Waals surface area contributed by atoms with Crippen LogP contribution < -0.4 is 14.8 Å². The maximum Gasteiger partial charge on any atom is 0.234 e. The van der Waals surface area contributed by atoms with Gasteiger partial charge in [-0.15, -0.1) is 0 Å². The Labute approximate surface area is 130 Å². The summed E-state index contributed by atoms with van der Waals surface area (Å²) in [6, 6.07) is 4.83. The zero-order chi connectivity index (χ0) is 15.3. The molecule has 1 aromatic rings. The third-order valence-electron chi connectivity index (χ3n) is 3.31. The summed E-state index contributed by atoms with van der Waals surface area (Å²) >= 11 is 5.90. The van der Waals surface area contributed by atoms with Gasteiger partial charge in [-0.3, -0.25) is 9.62 Å². The summed E-state index contributed by atoms with van der Waals surface area (Å²) in [5.41, 5.74) is 0.366. The van der Waals surface area contributed by atoms with E-state index in [2.05, 4.69) is 14.9 Å². The van der Waals surface area contributed by atoms with Crippen molar-refractivity contribution in [3.8, 4) is 5.75 Å². The Morgan fingerprint density at radius 1 is 1.38 bits per heavy atom. The van der Waals surface area contributed by atoms with E-state index in [1.807, 2.05) is 0 Å². The van der Waals surface area contributed by atoms with Crippen molar-refractivity contribution in [3.63, 3.8) is 0 Å². The van der Waals surface area contributed by atoms with Gasteiger partial charge in [-0.05, 0) is 18.2 Å². The molecule has 1 aromatic carbocycles. The number of nitrogens with one attached hydrogen (secondary N) is 2. The number of benzene rings is 1. The number of halogens is 1. The van der Waals surface area contributed by atoms with Crippen LogP contribution in [0.1, 0.15) is 0 Å². The minimum atomic E-state index is -3.43. The molecule has 21 heavy (non-hydrogen) atoms. The Kier molecular flexibility index (Phi) is 5.69. The monoisotopic (exact) mass is 333 g/mol. The van der Waals surface area contributed by atoms with Crippen molar-refractivity contribution < 1.29 is 13.2 Å². The van der Waals surface area contributed by atoms with Crippen molar-refractivity contribution in [1.29, 1.82) is 0 Å². The lowest BCUT2D eigenvalue weighted by molar-refractivity contribution is 0.254. The first-order valence-electron chi connectivity index (χ1n) is 6.77. The SMILES string of the molecule is COc1ccc(Cl)cc1NS(=O)(=O)CCN1CCNCC1. The first kappa shape index (κ1) is 16.4. The zero-order valence-corrected chi connectivity index (χ0v) is 13.5. The van der Waals surface area contributed by atoms with E-state index >= 15 is 0 Å². The summed E-state index contributed by atoms with van der Waals surface area (Å²) < 4.78 is 32.0. The molecule has 0 aromatic heterocycles. The molecule has 0 saturated carbocycles. The van der Waals surface area contributed by atoms with Crippen LogP contribution in [-0.4, -0.2) is 58.9 Å². The van der Waals surface area contributed by atoms with Gasteiger partial charge in [0.2, 0.25) is 10.0 Å². The van der Waals surface area contributed by atoms with Gasteiger partial charge in [0.05, 0.1) is 18.6 Å². The predicted octanol–water partition coefficient (Wildman–Crippen LogP) is 0.995. The van der Waals surface area contributed by atoms with Gasteiger partial charge in [0.15, 0.2) is 0 Å². The third-order valence-corrected chi connectivity index (χ3v) is 4.80. The molecular weight excluding hydrogens is 314 g/mol. The Bertz CT molecular complexity index is 574. The quantitative estimate of drug-likeness (QED) is 0.812. The Morgan fingerprint density at radius 3 is 2.76 bits per heavy atom. The molecule has 0 aliphatic carbocycles. The van der Waals surface area contributed by atoms with Crippen LogP contribution in [0.2, 0.25) is 5.02 Å². The predicted molar refractivity (Wildman–Crippen MR) is 84.7 cm³/mol. The Morgan fingerprint density at radius 2 is 2.10 bits per heavy atom. The molecule has 0 bridgehead atoms. The Hall–Kier alpha value is -1.02. The molecule has 1 saturated heterocycles. The van der Waals surface area contributed by atoms with Gasteiger partial charge < -0.3 is 10.1 Å². The van der Waals surface area contributed by atoms with E-state index in [4.69, 9.17) is 16.3 Å². The summed E-state index contributed by atoms with van der Waals surface area (Å²) in [6.07, 6.45) is 0. The number of piperazine rings is 1. The molecule has 0 spiro atoms. The van der Waals surface area contributed by atoms with Crippen LogP contribution >= 0.6 is 11.6 Å². The van der Waals surface area contributed by atoms with E-state index in [9.17, 15) is 8.42 Å². The fourth-order valence-electron chi connectivity index (χ4n) is 2.16. The number of sulfonamides is 1. The lowest BCUT2D eigenvalue weighted by Crippen LogP contribution is -2.45. The summed E-state index contributed by atoms with van der Waals surface area (Å²) in [5.74, 6) is 0.494. The van der Waals surface area contributed by atoms with Gasteiger partial charge >= 0.3 is 0 Å². The van der Waals surface area contributed by atoms with Crippen molar-refractivity contribution in [2.45, 2.75) is 0 Å². The highest BCUT2D eigenvalue weighted by molar-refractivity contribution is 7.92. The molecule has 1 aliphatic heterocycles. The molecule has 1 heterocycles. The standard InChI is InChI=1S/C13H20ClN3O3S/c1-20-13-3-2-11(14)10-12(13)16-21(18,19)9-8-17-6-4-15-5-7-17/h2-3,10,15-16H,4-9H2,1H3. The van der Waals surface area contributed by atoms with Gasteiger partial charge in [-0.2, -0.15) is 0 Å². The van der Waals surface area contributed by atoms with E-state index in [1.54, 1.807) is 18.2 Å². The molecule has 0 unspecified atom stereocenters. The number of methoxy groups -OCH3 is 1. The first-order chi connectivity index (χ1) is 10.00. The van der Waals surface area contributed by atoms with E-state index in [0.29, 0.717) is 23.0 Å². The van der Waals surface area contributed by atoms with E-state index < -0.39 is 10.0 Å². The molecule has 1 fully saturated rings. The minimum absolute atomic E-state index is 0.0443. The average molecular weight is 334 g/mol. The lowest BCUT2D eigenvalue weighted by atomic mass is 10.3. The second-order valence-corrected chi connectivity index (χ2v) is 7.14. The number of anilines is 1. The van der Waals surface area contributed by atoms with Crippen molar-refractivity contribution in [2.24, 2.45) is 0 Å². The average Bonchev–Trinajstić information content (AvgIpc) is 2.46. The molecule has 1 aliphatic rings. The Balaban J connectivity index is 1.98. The van der Waals surface area contributed by atoms with Gasteiger partial charge in [0, 0.05) is 37.7 Å². The smallest absolute Gasteiger partial charge is 0.234 e. The van der Waals surface area contributed by atoms with Crippen LogP contribution in [0.3, 0.4) is 0 Å². The highest BCUT2D eigenvalue weighted by Crippen LogP contribution is 2.28. The number of hydrogen-bond donors (Lipinski definition) is 2. The largest absolute Gasteiger partial charge is 0.495 e. The molecular formula is C13H20ClN3O3S. The summed E-state index contributed by atoms with van der Waals surface area (Å²) in [7, 11) is -1.95. The second kappa shape index (κ2) is 7.31. The van der Waals surface area contributed by atoms with Crippen LogP contribution in [0.5, 0.6) is 5.75 Å². The topological polar surface area (TPSA) is 70.7 Å². The molecule has 8 heteroatoms. The van der Waals surface area contributed by atoms with Crippen LogP contribution in [-0.2, 0) is 10.0 Å². The van der Waals surface area contributed by atoms with Gasteiger partial charge in [0.25, 0.3) is 0 Å². The number of rotatable bonds is 6. The molecule has 118 valence electrons. The van der Waals surface area contributed by atoms with Crippen LogP contribution in [0.25, 0.3) is 0 Å². The number of hydrogen-bond acceptors (Lipinski definition) is 5. The molecule has 0 amide bonds. The second-order valence-electron chi connectivity index (χ2n) is 4.86. The minimum Gasteiger partial charge on any atom is -0.495 e. The number of nitrogens with zero attached hydrogens (tertiary/aromatic N) is 1. The lowest BCUT2D eigenvalue weighted by Gasteiger charge is -2.27. The summed E-state index contributed by atoms with van der Waals surface area (Å²) in [4.78, 5) is 2.13. The first-order valence-corrected chi connectivity index (χ1v) is 8.80. The maximum absolute atomic E-state index is 12.2. The van der Waals surface area contributed by atoms with Crippen molar-refractivity contribution in [1.82, 2.24) is 10.2 Å². The van der Waals surface area contributed by atoms with Crippen molar-refractivity contribution >= 4 is 27.3 Å². The maximum atomic E-state index is 12.2. The fourth-order valence-corrected chi connectivity index (χ4v) is 3.43. The van der Waals surface area contributed by atoms with Crippen LogP contribution in [0.15, 0.2) is 18.2 Å². The number of ether oxygens (including phenoxy) is 1. The van der Waals surface area contributed by atoms with E-state index in [0.717, 1.165) is 26.2 Å². The molecule has 0 radical (unpaired) electrons. The molecule has 2 rings (SSSR count). The molecule has 2 N–H and O–H groups in total. The van der Waals surface area contributed by atoms with Crippen LogP contribution in [0.4, 0.5) is 5.69 Å². The zero-order valence-electron chi connectivity index (χ0n) is 11.9. The molecule has 6 nitrogen and oxygen atoms in total. The van der Waals surface area contributed by atoms with Gasteiger partial charge in [-0.25, -0.2) is 8.42 Å². The normalized spacial score (nSPS) is 16.7. The third kappa shape index (κ3) is 5.03. The highest BCUT2D eigenvalue weighted by atomic mass is 35.5. The molecule has 0 atom stereocenters. The van der Waals surface area contributed by atoms with Crippen molar-refractivity contribution in [3.05, 3.63) is 23.2 Å². The fraction of sp³-hybridized carbons (Fsp3) is 0.538. The van der Waals surface area contributed by atoms with Crippen molar-refractivity contribution in [2.75, 3.05) is 50.3 Å².